The van der Waals surface area contributed by atoms with Crippen LogP contribution >= 0.6 is 0 Å². The smallest absolute Gasteiger partial charge is 0.263 e. The van der Waals surface area contributed by atoms with Crippen molar-refractivity contribution in [2.45, 2.75) is 39.2 Å². The Kier molecular flexibility index (Phi) is 4.77. The molecule has 2 rings (SSSR count). The van der Waals surface area contributed by atoms with E-state index in [0.29, 0.717) is 31.7 Å². The van der Waals surface area contributed by atoms with Gasteiger partial charge in [0.25, 0.3) is 5.91 Å². The number of piperidine rings is 1. The number of rotatable bonds is 4. The van der Waals surface area contributed by atoms with Crippen LogP contribution in [0.4, 0.5) is 0 Å². The Morgan fingerprint density at radius 3 is 2.40 bits per heavy atom. The van der Waals surface area contributed by atoms with Gasteiger partial charge in [0.2, 0.25) is 0 Å². The normalized spacial score (nSPS) is 16.9. The largest absolute Gasteiger partial charge is 0.481 e. The molecule has 0 N–H and O–H groups in total. The van der Waals surface area contributed by atoms with Gasteiger partial charge in [-0.2, -0.15) is 0 Å². The van der Waals surface area contributed by atoms with Gasteiger partial charge in [0.15, 0.2) is 6.10 Å². The summed E-state index contributed by atoms with van der Waals surface area (Å²) in [6.45, 7) is 4.88. The molecule has 1 unspecified atom stereocenters. The molecule has 1 atom stereocenters. The molecule has 108 valence electrons. The third kappa shape index (κ3) is 3.59. The lowest BCUT2D eigenvalue weighted by atomic mass is 10.1. The van der Waals surface area contributed by atoms with Gasteiger partial charge in [-0.25, -0.2) is 0 Å². The average Bonchev–Trinajstić information content (AvgIpc) is 2.48. The summed E-state index contributed by atoms with van der Waals surface area (Å²) in [5.74, 6) is 0.894. The number of likely N-dealkylation sites (tertiary alicyclic amines) is 1. The van der Waals surface area contributed by atoms with Gasteiger partial charge in [-0.15, -0.1) is 0 Å². The molecular weight excluding hydrogens is 254 g/mol. The average molecular weight is 275 g/mol. The van der Waals surface area contributed by atoms with E-state index in [-0.39, 0.29) is 11.7 Å². The topological polar surface area (TPSA) is 46.6 Å². The van der Waals surface area contributed by atoms with Crippen LogP contribution in [0.3, 0.4) is 0 Å². The van der Waals surface area contributed by atoms with Gasteiger partial charge in [0.05, 0.1) is 0 Å². The number of Topliss-reactive ketones (excluding diaryl/α,β-unsaturated/α-hetero) is 1. The second-order valence-corrected chi connectivity index (χ2v) is 5.12. The summed E-state index contributed by atoms with van der Waals surface area (Å²) in [5.41, 5.74) is 1.24. The zero-order valence-electron chi connectivity index (χ0n) is 12.1. The first-order valence-corrected chi connectivity index (χ1v) is 7.16. The summed E-state index contributed by atoms with van der Waals surface area (Å²) in [5, 5.41) is 0. The Labute approximate surface area is 119 Å². The van der Waals surface area contributed by atoms with E-state index in [2.05, 4.69) is 6.92 Å². The first kappa shape index (κ1) is 14.6. The number of hydrogen-bond acceptors (Lipinski definition) is 3. The van der Waals surface area contributed by atoms with Crippen molar-refractivity contribution in [2.24, 2.45) is 0 Å². The van der Waals surface area contributed by atoms with Crippen molar-refractivity contribution in [3.63, 3.8) is 0 Å². The van der Waals surface area contributed by atoms with Crippen molar-refractivity contribution < 1.29 is 14.3 Å². The second-order valence-electron chi connectivity index (χ2n) is 5.12. The third-order valence-corrected chi connectivity index (χ3v) is 3.63. The summed E-state index contributed by atoms with van der Waals surface area (Å²) in [6.07, 6.45) is 1.39. The lowest BCUT2D eigenvalue weighted by Gasteiger charge is -2.28. The molecule has 4 nitrogen and oxygen atoms in total. The first-order valence-electron chi connectivity index (χ1n) is 7.16. The maximum absolute atomic E-state index is 12.2. The van der Waals surface area contributed by atoms with Gasteiger partial charge in [0, 0.05) is 25.9 Å². The number of benzene rings is 1. The van der Waals surface area contributed by atoms with Gasteiger partial charge in [0.1, 0.15) is 11.5 Å². The van der Waals surface area contributed by atoms with Crippen molar-refractivity contribution >= 4 is 11.7 Å². The summed E-state index contributed by atoms with van der Waals surface area (Å²) >= 11 is 0. The fourth-order valence-corrected chi connectivity index (χ4v) is 2.29. The van der Waals surface area contributed by atoms with Crippen molar-refractivity contribution in [3.05, 3.63) is 29.8 Å². The number of aryl methyl sites for hydroxylation is 1. The van der Waals surface area contributed by atoms with Crippen molar-refractivity contribution in [3.8, 4) is 5.75 Å². The molecule has 1 aromatic rings. The summed E-state index contributed by atoms with van der Waals surface area (Å²) in [4.78, 5) is 25.1. The molecule has 0 saturated carbocycles. The van der Waals surface area contributed by atoms with E-state index in [1.807, 2.05) is 24.3 Å². The van der Waals surface area contributed by atoms with E-state index < -0.39 is 6.10 Å². The summed E-state index contributed by atoms with van der Waals surface area (Å²) in [6, 6.07) is 7.79. The molecule has 1 amide bonds. The van der Waals surface area contributed by atoms with E-state index in [9.17, 15) is 9.59 Å². The van der Waals surface area contributed by atoms with Crippen molar-refractivity contribution in [1.29, 1.82) is 0 Å². The Hall–Kier alpha value is -1.84. The quantitative estimate of drug-likeness (QED) is 0.846. The molecule has 1 aliphatic heterocycles. The predicted molar refractivity (Wildman–Crippen MR) is 76.7 cm³/mol. The minimum atomic E-state index is -0.518. The maximum Gasteiger partial charge on any atom is 0.263 e. The Bertz CT molecular complexity index is 471. The molecule has 1 aliphatic rings. The minimum absolute atomic E-state index is 0.0444. The summed E-state index contributed by atoms with van der Waals surface area (Å²) < 4.78 is 5.68. The highest BCUT2D eigenvalue weighted by Crippen LogP contribution is 2.16. The van der Waals surface area contributed by atoms with Gasteiger partial charge < -0.3 is 9.64 Å². The van der Waals surface area contributed by atoms with E-state index in [4.69, 9.17) is 4.74 Å². The number of ether oxygens (including phenoxy) is 1. The molecule has 0 radical (unpaired) electrons. The van der Waals surface area contributed by atoms with E-state index in [0.717, 1.165) is 6.42 Å². The Balaban J connectivity index is 1.91. The molecular formula is C16H21NO3. The molecule has 1 aromatic carbocycles. The second kappa shape index (κ2) is 6.55. The number of carbonyl (C=O) groups is 2. The van der Waals surface area contributed by atoms with E-state index in [1.165, 1.54) is 5.56 Å². The van der Waals surface area contributed by atoms with Crippen LogP contribution in [-0.4, -0.2) is 35.8 Å². The van der Waals surface area contributed by atoms with Crippen molar-refractivity contribution in [2.75, 3.05) is 13.1 Å². The molecule has 0 spiro atoms. The number of amides is 1. The first-order chi connectivity index (χ1) is 9.60. The van der Waals surface area contributed by atoms with Crippen LogP contribution in [0.15, 0.2) is 24.3 Å². The Morgan fingerprint density at radius 1 is 1.25 bits per heavy atom. The number of ketones is 1. The number of hydrogen-bond donors (Lipinski definition) is 0. The fourth-order valence-electron chi connectivity index (χ4n) is 2.29. The van der Waals surface area contributed by atoms with Crippen LogP contribution in [0.5, 0.6) is 5.75 Å². The van der Waals surface area contributed by atoms with Crippen LogP contribution in [0.2, 0.25) is 0 Å². The van der Waals surface area contributed by atoms with Crippen LogP contribution < -0.4 is 4.74 Å². The van der Waals surface area contributed by atoms with E-state index >= 15 is 0 Å². The molecule has 4 heteroatoms. The third-order valence-electron chi connectivity index (χ3n) is 3.63. The van der Waals surface area contributed by atoms with Crippen LogP contribution in [0, 0.1) is 0 Å². The molecule has 20 heavy (non-hydrogen) atoms. The molecule has 0 bridgehead atoms. The van der Waals surface area contributed by atoms with E-state index in [1.54, 1.807) is 11.8 Å². The predicted octanol–water partition coefficient (Wildman–Crippen LogP) is 2.21. The van der Waals surface area contributed by atoms with Crippen LogP contribution in [-0.2, 0) is 16.0 Å². The van der Waals surface area contributed by atoms with Crippen molar-refractivity contribution in [1.82, 2.24) is 4.90 Å². The number of carbonyl (C=O) groups excluding carboxylic acids is 2. The summed E-state index contributed by atoms with van der Waals surface area (Å²) in [7, 11) is 0. The monoisotopic (exact) mass is 275 g/mol. The molecule has 1 heterocycles. The molecule has 0 aromatic heterocycles. The SMILES string of the molecule is CCc1ccc(OC(C)C(=O)N2CCC(=O)CC2)cc1. The molecule has 0 aliphatic carbocycles. The standard InChI is InChI=1S/C16H21NO3/c1-3-13-4-6-15(7-5-13)20-12(2)16(19)17-10-8-14(18)9-11-17/h4-7,12H,3,8-11H2,1-2H3. The highest BCUT2D eigenvalue weighted by molar-refractivity contribution is 5.85. The fraction of sp³-hybridized carbons (Fsp3) is 0.500. The molecule has 1 saturated heterocycles. The van der Waals surface area contributed by atoms with Crippen LogP contribution in [0.1, 0.15) is 32.3 Å². The zero-order valence-corrected chi connectivity index (χ0v) is 12.1. The van der Waals surface area contributed by atoms with Gasteiger partial charge >= 0.3 is 0 Å². The van der Waals surface area contributed by atoms with Crippen LogP contribution in [0.25, 0.3) is 0 Å². The lowest BCUT2D eigenvalue weighted by molar-refractivity contribution is -0.140. The maximum atomic E-state index is 12.2. The Morgan fingerprint density at radius 2 is 1.85 bits per heavy atom. The highest BCUT2D eigenvalue weighted by Gasteiger charge is 2.25. The van der Waals surface area contributed by atoms with Gasteiger partial charge in [-0.3, -0.25) is 9.59 Å². The van der Waals surface area contributed by atoms with Gasteiger partial charge in [-0.1, -0.05) is 19.1 Å². The van der Waals surface area contributed by atoms with Gasteiger partial charge in [-0.05, 0) is 31.0 Å². The minimum Gasteiger partial charge on any atom is -0.481 e. The number of nitrogens with zero attached hydrogens (tertiary/aromatic N) is 1. The zero-order chi connectivity index (χ0) is 14.5. The highest BCUT2D eigenvalue weighted by atomic mass is 16.5. The lowest BCUT2D eigenvalue weighted by Crippen LogP contribution is -2.44. The molecule has 1 fully saturated rings.